The summed E-state index contributed by atoms with van der Waals surface area (Å²) in [7, 11) is 1.97. The van der Waals surface area contributed by atoms with E-state index in [2.05, 4.69) is 33.0 Å². The maximum atomic E-state index is 5.77. The van der Waals surface area contributed by atoms with Gasteiger partial charge in [0.25, 0.3) is 0 Å². The maximum Gasteiger partial charge on any atom is 0.191 e. The Balaban J connectivity index is 0.00000320. The highest BCUT2D eigenvalue weighted by Crippen LogP contribution is 2.12. The van der Waals surface area contributed by atoms with Crippen LogP contribution in [0.25, 0.3) is 0 Å². The highest BCUT2D eigenvalue weighted by Gasteiger charge is 2.15. The van der Waals surface area contributed by atoms with E-state index >= 15 is 0 Å². The van der Waals surface area contributed by atoms with Crippen LogP contribution in [0.3, 0.4) is 0 Å². The van der Waals surface area contributed by atoms with Crippen molar-refractivity contribution >= 4 is 29.9 Å². The number of rotatable bonds is 10. The minimum atomic E-state index is 0. The Morgan fingerprint density at radius 3 is 2.80 bits per heavy atom. The summed E-state index contributed by atoms with van der Waals surface area (Å²) in [5, 5.41) is 15.1. The van der Waals surface area contributed by atoms with Gasteiger partial charge < -0.3 is 24.7 Å². The van der Waals surface area contributed by atoms with Crippen LogP contribution in [0.1, 0.15) is 30.1 Å². The zero-order valence-corrected chi connectivity index (χ0v) is 20.2. The van der Waals surface area contributed by atoms with Gasteiger partial charge in [0.15, 0.2) is 11.8 Å². The van der Waals surface area contributed by atoms with Crippen LogP contribution in [0.4, 0.5) is 0 Å². The standard InChI is InChI=1S/C21H32N6O2.HI/c1-17-25-26-20(27(17)2)14-24-21(23-13-18-7-4-3-5-8-18)22-10-6-11-28-15-19-9-12-29-16-19;/h3-5,7-8,19H,6,9-16H2,1-2H3,(H2,22,23,24);1H. The van der Waals surface area contributed by atoms with Gasteiger partial charge in [0.2, 0.25) is 0 Å². The molecule has 0 radical (unpaired) electrons. The van der Waals surface area contributed by atoms with Crippen molar-refractivity contribution in [1.29, 1.82) is 0 Å². The summed E-state index contributed by atoms with van der Waals surface area (Å²) in [5.74, 6) is 3.09. The lowest BCUT2D eigenvalue weighted by Crippen LogP contribution is -2.38. The third-order valence-electron chi connectivity index (χ3n) is 4.99. The molecule has 1 aliphatic rings. The van der Waals surface area contributed by atoms with E-state index in [0.29, 0.717) is 19.0 Å². The molecule has 2 aromatic rings. The van der Waals surface area contributed by atoms with Crippen molar-refractivity contribution in [3.05, 3.63) is 47.5 Å². The maximum absolute atomic E-state index is 5.77. The smallest absolute Gasteiger partial charge is 0.191 e. The lowest BCUT2D eigenvalue weighted by molar-refractivity contribution is 0.0888. The molecule has 30 heavy (non-hydrogen) atoms. The molecular formula is C21H33IN6O2. The largest absolute Gasteiger partial charge is 0.381 e. The van der Waals surface area contributed by atoms with Crippen LogP contribution in [0.5, 0.6) is 0 Å². The summed E-state index contributed by atoms with van der Waals surface area (Å²) in [6, 6.07) is 10.2. The minimum absolute atomic E-state index is 0. The van der Waals surface area contributed by atoms with Gasteiger partial charge in [-0.25, -0.2) is 4.99 Å². The fraction of sp³-hybridized carbons (Fsp3) is 0.571. The molecule has 1 aromatic carbocycles. The first-order valence-corrected chi connectivity index (χ1v) is 10.3. The van der Waals surface area contributed by atoms with Gasteiger partial charge in [-0.2, -0.15) is 0 Å². The third-order valence-corrected chi connectivity index (χ3v) is 4.99. The number of aromatic nitrogens is 3. The molecule has 2 N–H and O–H groups in total. The summed E-state index contributed by atoms with van der Waals surface area (Å²) >= 11 is 0. The van der Waals surface area contributed by atoms with E-state index in [1.54, 1.807) is 0 Å². The van der Waals surface area contributed by atoms with Crippen molar-refractivity contribution in [1.82, 2.24) is 25.4 Å². The van der Waals surface area contributed by atoms with Crippen LogP contribution in [-0.2, 0) is 29.6 Å². The number of guanidine groups is 1. The number of ether oxygens (including phenoxy) is 2. The quantitative estimate of drug-likeness (QED) is 0.213. The summed E-state index contributed by atoms with van der Waals surface area (Å²) in [6.07, 6.45) is 2.03. The lowest BCUT2D eigenvalue weighted by Gasteiger charge is -2.13. The number of benzene rings is 1. The van der Waals surface area contributed by atoms with Gasteiger partial charge in [-0.1, -0.05) is 30.3 Å². The Bertz CT molecular complexity index is 762. The van der Waals surface area contributed by atoms with Crippen molar-refractivity contribution < 1.29 is 9.47 Å². The summed E-state index contributed by atoms with van der Waals surface area (Å²) in [4.78, 5) is 4.71. The summed E-state index contributed by atoms with van der Waals surface area (Å²) in [6.45, 7) is 7.14. The Hall–Kier alpha value is -1.72. The molecule has 1 aromatic heterocycles. The molecule has 3 rings (SSSR count). The second-order valence-electron chi connectivity index (χ2n) is 7.31. The first-order valence-electron chi connectivity index (χ1n) is 10.3. The van der Waals surface area contributed by atoms with Crippen LogP contribution in [0.15, 0.2) is 35.3 Å². The number of nitrogens with one attached hydrogen (secondary N) is 2. The highest BCUT2D eigenvalue weighted by molar-refractivity contribution is 14.0. The molecule has 0 amide bonds. The molecule has 9 heteroatoms. The molecule has 1 saturated heterocycles. The SMILES string of the molecule is Cc1nnc(CNC(=NCc2ccccc2)NCCCOCC2CCOC2)n1C.I. The van der Waals surface area contributed by atoms with Crippen LogP contribution < -0.4 is 10.6 Å². The second kappa shape index (κ2) is 13.6. The summed E-state index contributed by atoms with van der Waals surface area (Å²) in [5.41, 5.74) is 1.17. The Kier molecular flexibility index (Phi) is 11.1. The fourth-order valence-corrected chi connectivity index (χ4v) is 3.04. The monoisotopic (exact) mass is 528 g/mol. The van der Waals surface area contributed by atoms with Crippen molar-refractivity contribution in [3.63, 3.8) is 0 Å². The van der Waals surface area contributed by atoms with E-state index in [0.717, 1.165) is 63.4 Å². The Labute approximate surface area is 195 Å². The Morgan fingerprint density at radius 2 is 2.10 bits per heavy atom. The normalized spacial score (nSPS) is 16.3. The molecule has 0 spiro atoms. The molecule has 2 heterocycles. The highest BCUT2D eigenvalue weighted by atomic mass is 127. The number of aryl methyl sites for hydroxylation is 1. The molecule has 1 atom stereocenters. The van der Waals surface area contributed by atoms with Crippen LogP contribution in [0, 0.1) is 12.8 Å². The number of nitrogens with zero attached hydrogens (tertiary/aromatic N) is 4. The van der Waals surface area contributed by atoms with Crippen LogP contribution >= 0.6 is 24.0 Å². The first kappa shape index (κ1) is 24.5. The minimum Gasteiger partial charge on any atom is -0.381 e. The van der Waals surface area contributed by atoms with E-state index < -0.39 is 0 Å². The average molecular weight is 528 g/mol. The summed E-state index contributed by atoms with van der Waals surface area (Å²) < 4.78 is 13.1. The second-order valence-corrected chi connectivity index (χ2v) is 7.31. The lowest BCUT2D eigenvalue weighted by atomic mass is 10.1. The Morgan fingerprint density at radius 1 is 1.27 bits per heavy atom. The van der Waals surface area contributed by atoms with E-state index in [1.807, 2.05) is 36.7 Å². The molecule has 1 unspecified atom stereocenters. The van der Waals surface area contributed by atoms with Crippen molar-refractivity contribution in [3.8, 4) is 0 Å². The van der Waals surface area contributed by atoms with Gasteiger partial charge in [-0.15, -0.1) is 34.2 Å². The van der Waals surface area contributed by atoms with Crippen LogP contribution in [-0.4, -0.2) is 53.7 Å². The van der Waals surface area contributed by atoms with Crippen LogP contribution in [0.2, 0.25) is 0 Å². The molecule has 0 aliphatic carbocycles. The van der Waals surface area contributed by atoms with Gasteiger partial charge in [0.1, 0.15) is 5.82 Å². The average Bonchev–Trinajstić information content (AvgIpc) is 3.37. The van der Waals surface area contributed by atoms with Gasteiger partial charge in [0.05, 0.1) is 26.3 Å². The van der Waals surface area contributed by atoms with Gasteiger partial charge in [-0.3, -0.25) is 0 Å². The predicted molar refractivity (Wildman–Crippen MR) is 128 cm³/mol. The van der Waals surface area contributed by atoms with E-state index in [9.17, 15) is 0 Å². The zero-order chi connectivity index (χ0) is 20.3. The third kappa shape index (κ3) is 8.19. The van der Waals surface area contributed by atoms with Crippen molar-refractivity contribution in [2.24, 2.45) is 18.0 Å². The molecule has 1 aliphatic heterocycles. The number of halogens is 1. The van der Waals surface area contributed by atoms with Gasteiger partial charge in [-0.05, 0) is 25.3 Å². The van der Waals surface area contributed by atoms with Gasteiger partial charge in [0, 0.05) is 32.7 Å². The number of hydrogen-bond donors (Lipinski definition) is 2. The molecule has 1 fully saturated rings. The number of aliphatic imine (C=N–C) groups is 1. The zero-order valence-electron chi connectivity index (χ0n) is 17.8. The fourth-order valence-electron chi connectivity index (χ4n) is 3.04. The topological polar surface area (TPSA) is 85.6 Å². The number of hydrogen-bond acceptors (Lipinski definition) is 5. The molecule has 8 nitrogen and oxygen atoms in total. The van der Waals surface area contributed by atoms with Gasteiger partial charge >= 0.3 is 0 Å². The van der Waals surface area contributed by atoms with E-state index in [1.165, 1.54) is 5.56 Å². The molecule has 0 saturated carbocycles. The molecule has 166 valence electrons. The molecule has 0 bridgehead atoms. The van der Waals surface area contributed by atoms with E-state index in [4.69, 9.17) is 14.5 Å². The predicted octanol–water partition coefficient (Wildman–Crippen LogP) is 2.42. The first-order chi connectivity index (χ1) is 14.2. The van der Waals surface area contributed by atoms with E-state index in [-0.39, 0.29) is 24.0 Å². The van der Waals surface area contributed by atoms with Crippen molar-refractivity contribution in [2.75, 3.05) is 33.0 Å². The molecular weight excluding hydrogens is 495 g/mol. The van der Waals surface area contributed by atoms with Crippen molar-refractivity contribution in [2.45, 2.75) is 32.9 Å².